The number of ether oxygens (including phenoxy) is 2. The molecule has 0 amide bonds. The lowest BCUT2D eigenvalue weighted by Crippen LogP contribution is -2.34. The van der Waals surface area contributed by atoms with Gasteiger partial charge in [0.25, 0.3) is 0 Å². The number of likely N-dealkylation sites (N-methyl/N-ethyl adjacent to an activating group) is 1. The number of nitrogens with one attached hydrogen (secondary N) is 1. The van der Waals surface area contributed by atoms with Gasteiger partial charge in [0.15, 0.2) is 0 Å². The molecular formula is C10H25NO2. The van der Waals surface area contributed by atoms with Gasteiger partial charge in [-0.25, -0.2) is 0 Å². The number of rotatable bonds is 7. The Kier molecular flexibility index (Phi) is 17.0. The lowest BCUT2D eigenvalue weighted by atomic mass is 10.3. The predicted molar refractivity (Wildman–Crippen MR) is 57.2 cm³/mol. The Balaban J connectivity index is 0. The zero-order chi connectivity index (χ0) is 10.5. The van der Waals surface area contributed by atoms with Crippen LogP contribution in [0, 0.1) is 0 Å². The van der Waals surface area contributed by atoms with Crippen molar-refractivity contribution in [2.45, 2.75) is 33.7 Å². The lowest BCUT2D eigenvalue weighted by Gasteiger charge is -2.14. The smallest absolute Gasteiger partial charge is 0.0641 e. The summed E-state index contributed by atoms with van der Waals surface area (Å²) in [5, 5.41) is 3.12. The molecule has 0 aliphatic rings. The van der Waals surface area contributed by atoms with E-state index in [0.29, 0.717) is 6.04 Å². The van der Waals surface area contributed by atoms with Gasteiger partial charge in [-0.3, -0.25) is 0 Å². The zero-order valence-corrected chi connectivity index (χ0v) is 9.72. The molecule has 0 bridgehead atoms. The molecule has 0 radical (unpaired) electrons. The van der Waals surface area contributed by atoms with Crippen LogP contribution in [0.25, 0.3) is 0 Å². The van der Waals surface area contributed by atoms with Crippen LogP contribution < -0.4 is 5.32 Å². The second-order valence-corrected chi connectivity index (χ2v) is 2.30. The van der Waals surface area contributed by atoms with Gasteiger partial charge >= 0.3 is 0 Å². The minimum absolute atomic E-state index is 0.329. The normalized spacial score (nSPS) is 9.69. The standard InChI is InChI=1S/C8H19NO2.C2H6/c1-4-10-6-8(9-3)7-11-5-2;1-2/h8-9H,4-7H2,1-3H3;1-2H3. The molecule has 0 unspecified atom stereocenters. The summed E-state index contributed by atoms with van der Waals surface area (Å²) in [4.78, 5) is 0. The van der Waals surface area contributed by atoms with E-state index < -0.39 is 0 Å². The maximum Gasteiger partial charge on any atom is 0.0641 e. The van der Waals surface area contributed by atoms with Crippen molar-refractivity contribution in [1.82, 2.24) is 5.32 Å². The van der Waals surface area contributed by atoms with Crippen molar-refractivity contribution in [2.75, 3.05) is 33.5 Å². The maximum atomic E-state index is 5.24. The Morgan fingerprint density at radius 2 is 1.38 bits per heavy atom. The van der Waals surface area contributed by atoms with Crippen molar-refractivity contribution in [2.24, 2.45) is 0 Å². The van der Waals surface area contributed by atoms with E-state index in [0.717, 1.165) is 26.4 Å². The molecule has 3 heteroatoms. The van der Waals surface area contributed by atoms with Crippen LogP contribution in [0.1, 0.15) is 27.7 Å². The molecule has 0 spiro atoms. The van der Waals surface area contributed by atoms with Gasteiger partial charge in [-0.15, -0.1) is 0 Å². The molecule has 0 aromatic rings. The first-order valence-electron chi connectivity index (χ1n) is 5.17. The molecule has 0 aromatic heterocycles. The fourth-order valence-corrected chi connectivity index (χ4v) is 0.735. The molecule has 0 aliphatic carbocycles. The summed E-state index contributed by atoms with van der Waals surface area (Å²) in [6.07, 6.45) is 0. The second kappa shape index (κ2) is 14.4. The van der Waals surface area contributed by atoms with Gasteiger partial charge in [-0.2, -0.15) is 0 Å². The van der Waals surface area contributed by atoms with Gasteiger partial charge in [0, 0.05) is 13.2 Å². The van der Waals surface area contributed by atoms with Crippen molar-refractivity contribution in [3.05, 3.63) is 0 Å². The van der Waals surface area contributed by atoms with Crippen molar-refractivity contribution in [1.29, 1.82) is 0 Å². The van der Waals surface area contributed by atoms with Crippen molar-refractivity contribution in [3.8, 4) is 0 Å². The van der Waals surface area contributed by atoms with Gasteiger partial charge in [0.1, 0.15) is 0 Å². The summed E-state index contributed by atoms with van der Waals surface area (Å²) in [5.74, 6) is 0. The van der Waals surface area contributed by atoms with Crippen LogP contribution in [0.2, 0.25) is 0 Å². The minimum Gasteiger partial charge on any atom is -0.380 e. The highest BCUT2D eigenvalue weighted by atomic mass is 16.5. The van der Waals surface area contributed by atoms with Crippen LogP contribution >= 0.6 is 0 Å². The first-order valence-corrected chi connectivity index (χ1v) is 5.17. The number of hydrogen-bond donors (Lipinski definition) is 1. The van der Waals surface area contributed by atoms with Crippen LogP contribution in [-0.2, 0) is 9.47 Å². The molecule has 0 heterocycles. The zero-order valence-electron chi connectivity index (χ0n) is 9.72. The third kappa shape index (κ3) is 11.9. The quantitative estimate of drug-likeness (QED) is 0.664. The van der Waals surface area contributed by atoms with Crippen LogP contribution in [0.15, 0.2) is 0 Å². The maximum absolute atomic E-state index is 5.24. The first kappa shape index (κ1) is 15.4. The summed E-state index contributed by atoms with van der Waals surface area (Å²) < 4.78 is 10.5. The topological polar surface area (TPSA) is 30.5 Å². The average Bonchev–Trinajstić information content (AvgIpc) is 2.21. The van der Waals surface area contributed by atoms with Gasteiger partial charge in [-0.05, 0) is 20.9 Å². The molecular weight excluding hydrogens is 166 g/mol. The second-order valence-electron chi connectivity index (χ2n) is 2.30. The SMILES string of the molecule is CC.CCOCC(COCC)NC. The fourth-order valence-electron chi connectivity index (χ4n) is 0.735. The van der Waals surface area contributed by atoms with E-state index in [1.54, 1.807) is 0 Å². The molecule has 3 nitrogen and oxygen atoms in total. The highest BCUT2D eigenvalue weighted by Gasteiger charge is 2.03. The lowest BCUT2D eigenvalue weighted by molar-refractivity contribution is 0.0677. The summed E-state index contributed by atoms with van der Waals surface area (Å²) in [6, 6.07) is 0.329. The summed E-state index contributed by atoms with van der Waals surface area (Å²) in [7, 11) is 1.92. The highest BCUT2D eigenvalue weighted by molar-refractivity contribution is 4.61. The van der Waals surface area contributed by atoms with Gasteiger partial charge in [-0.1, -0.05) is 13.8 Å². The van der Waals surface area contributed by atoms with Crippen LogP contribution in [0.5, 0.6) is 0 Å². The Hall–Kier alpha value is -0.120. The molecule has 0 aliphatic heterocycles. The third-order valence-electron chi connectivity index (χ3n) is 1.45. The Labute approximate surface area is 82.8 Å². The minimum atomic E-state index is 0.329. The molecule has 0 rings (SSSR count). The van der Waals surface area contributed by atoms with Crippen molar-refractivity contribution >= 4 is 0 Å². The molecule has 0 aromatic carbocycles. The van der Waals surface area contributed by atoms with E-state index in [1.165, 1.54) is 0 Å². The van der Waals surface area contributed by atoms with Crippen molar-refractivity contribution in [3.63, 3.8) is 0 Å². The summed E-state index contributed by atoms with van der Waals surface area (Å²) in [6.45, 7) is 11.0. The molecule has 0 saturated carbocycles. The van der Waals surface area contributed by atoms with Gasteiger partial charge < -0.3 is 14.8 Å². The van der Waals surface area contributed by atoms with E-state index in [2.05, 4.69) is 5.32 Å². The van der Waals surface area contributed by atoms with E-state index in [4.69, 9.17) is 9.47 Å². The Morgan fingerprint density at radius 1 is 1.00 bits per heavy atom. The Bertz CT molecular complexity index is 71.3. The molecule has 0 atom stereocenters. The van der Waals surface area contributed by atoms with E-state index in [-0.39, 0.29) is 0 Å². The van der Waals surface area contributed by atoms with E-state index in [9.17, 15) is 0 Å². The monoisotopic (exact) mass is 191 g/mol. The van der Waals surface area contributed by atoms with Crippen LogP contribution in [-0.4, -0.2) is 39.5 Å². The Morgan fingerprint density at radius 3 is 1.62 bits per heavy atom. The predicted octanol–water partition coefficient (Wildman–Crippen LogP) is 1.67. The van der Waals surface area contributed by atoms with E-state index in [1.807, 2.05) is 34.7 Å². The molecule has 82 valence electrons. The van der Waals surface area contributed by atoms with Gasteiger partial charge in [0.05, 0.1) is 19.3 Å². The average molecular weight is 191 g/mol. The number of hydrogen-bond acceptors (Lipinski definition) is 3. The molecule has 0 fully saturated rings. The molecule has 13 heavy (non-hydrogen) atoms. The summed E-state index contributed by atoms with van der Waals surface area (Å²) >= 11 is 0. The molecule has 0 saturated heterocycles. The fraction of sp³-hybridized carbons (Fsp3) is 1.00. The van der Waals surface area contributed by atoms with Crippen LogP contribution in [0.4, 0.5) is 0 Å². The summed E-state index contributed by atoms with van der Waals surface area (Å²) in [5.41, 5.74) is 0. The first-order chi connectivity index (χ1) is 6.35. The third-order valence-corrected chi connectivity index (χ3v) is 1.45. The van der Waals surface area contributed by atoms with Crippen LogP contribution in [0.3, 0.4) is 0 Å². The van der Waals surface area contributed by atoms with E-state index >= 15 is 0 Å². The highest BCUT2D eigenvalue weighted by Crippen LogP contribution is 1.86. The molecule has 1 N–H and O–H groups in total. The van der Waals surface area contributed by atoms with Gasteiger partial charge in [0.2, 0.25) is 0 Å². The van der Waals surface area contributed by atoms with Crippen molar-refractivity contribution < 1.29 is 9.47 Å². The largest absolute Gasteiger partial charge is 0.380 e.